The topological polar surface area (TPSA) is 51.8 Å². The SMILES string of the molecule is Cc1noc(-c2ccncc2Br)n1. The van der Waals surface area contributed by atoms with Crippen molar-refractivity contribution >= 4 is 15.9 Å². The standard InChI is InChI=1S/C8H6BrN3O/c1-5-11-8(13-12-5)6-2-3-10-4-7(6)9/h2-4H,1H3. The van der Waals surface area contributed by atoms with Crippen molar-refractivity contribution in [3.8, 4) is 11.5 Å². The van der Waals surface area contributed by atoms with Crippen LogP contribution in [0.4, 0.5) is 0 Å². The molecule has 0 aliphatic carbocycles. The van der Waals surface area contributed by atoms with Gasteiger partial charge in [-0.3, -0.25) is 4.98 Å². The third-order valence-corrected chi connectivity index (χ3v) is 2.16. The van der Waals surface area contributed by atoms with Crippen LogP contribution in [0.1, 0.15) is 5.82 Å². The van der Waals surface area contributed by atoms with Gasteiger partial charge in [0.1, 0.15) is 0 Å². The molecule has 0 bridgehead atoms. The number of aromatic nitrogens is 3. The highest BCUT2D eigenvalue weighted by molar-refractivity contribution is 9.10. The van der Waals surface area contributed by atoms with Gasteiger partial charge in [0, 0.05) is 16.9 Å². The fourth-order valence-electron chi connectivity index (χ4n) is 0.955. The highest BCUT2D eigenvalue weighted by atomic mass is 79.9. The molecule has 2 aromatic rings. The van der Waals surface area contributed by atoms with E-state index < -0.39 is 0 Å². The van der Waals surface area contributed by atoms with Gasteiger partial charge in [-0.2, -0.15) is 4.98 Å². The van der Waals surface area contributed by atoms with Crippen LogP contribution >= 0.6 is 15.9 Å². The van der Waals surface area contributed by atoms with E-state index >= 15 is 0 Å². The maximum absolute atomic E-state index is 5.01. The van der Waals surface area contributed by atoms with Gasteiger partial charge in [-0.15, -0.1) is 0 Å². The van der Waals surface area contributed by atoms with E-state index in [1.807, 2.05) is 6.07 Å². The Bertz CT molecular complexity index is 427. The molecular weight excluding hydrogens is 234 g/mol. The molecule has 0 spiro atoms. The van der Waals surface area contributed by atoms with E-state index in [0.29, 0.717) is 11.7 Å². The third-order valence-electron chi connectivity index (χ3n) is 1.53. The predicted octanol–water partition coefficient (Wildman–Crippen LogP) is 2.20. The predicted molar refractivity (Wildman–Crippen MR) is 50.0 cm³/mol. The van der Waals surface area contributed by atoms with E-state index in [0.717, 1.165) is 10.0 Å². The average Bonchev–Trinajstić information content (AvgIpc) is 2.53. The van der Waals surface area contributed by atoms with E-state index in [9.17, 15) is 0 Å². The first kappa shape index (κ1) is 8.37. The zero-order valence-corrected chi connectivity index (χ0v) is 8.45. The zero-order valence-electron chi connectivity index (χ0n) is 6.86. The Labute approximate surface area is 83.1 Å². The van der Waals surface area contributed by atoms with Crippen molar-refractivity contribution in [2.75, 3.05) is 0 Å². The molecule has 0 fully saturated rings. The molecule has 0 aromatic carbocycles. The van der Waals surface area contributed by atoms with Crippen molar-refractivity contribution in [2.24, 2.45) is 0 Å². The van der Waals surface area contributed by atoms with Crippen LogP contribution in [-0.4, -0.2) is 15.1 Å². The number of aryl methyl sites for hydroxylation is 1. The van der Waals surface area contributed by atoms with Gasteiger partial charge in [-0.05, 0) is 28.9 Å². The molecule has 0 aliphatic heterocycles. The second-order valence-electron chi connectivity index (χ2n) is 2.50. The largest absolute Gasteiger partial charge is 0.334 e. The highest BCUT2D eigenvalue weighted by Gasteiger charge is 2.08. The smallest absolute Gasteiger partial charge is 0.259 e. The van der Waals surface area contributed by atoms with Crippen LogP contribution in [0.15, 0.2) is 27.5 Å². The number of hydrogen-bond donors (Lipinski definition) is 0. The number of halogens is 1. The lowest BCUT2D eigenvalue weighted by Crippen LogP contribution is -1.81. The Morgan fingerprint density at radius 1 is 1.46 bits per heavy atom. The van der Waals surface area contributed by atoms with Crippen LogP contribution in [0.3, 0.4) is 0 Å². The van der Waals surface area contributed by atoms with Gasteiger partial charge >= 0.3 is 0 Å². The summed E-state index contributed by atoms with van der Waals surface area (Å²) in [6.45, 7) is 1.78. The molecule has 2 rings (SSSR count). The number of nitrogens with zero attached hydrogens (tertiary/aromatic N) is 3. The molecule has 0 amide bonds. The summed E-state index contributed by atoms with van der Waals surface area (Å²) in [5, 5.41) is 3.71. The van der Waals surface area contributed by atoms with Gasteiger partial charge in [-0.1, -0.05) is 5.16 Å². The number of hydrogen-bond acceptors (Lipinski definition) is 4. The third kappa shape index (κ3) is 1.60. The lowest BCUT2D eigenvalue weighted by Gasteiger charge is -1.95. The molecule has 5 heteroatoms. The summed E-state index contributed by atoms with van der Waals surface area (Å²) >= 11 is 3.35. The summed E-state index contributed by atoms with van der Waals surface area (Å²) in [6.07, 6.45) is 3.37. The molecule has 0 aliphatic rings. The monoisotopic (exact) mass is 239 g/mol. The molecule has 0 atom stereocenters. The Hall–Kier alpha value is -1.23. The summed E-state index contributed by atoms with van der Waals surface area (Å²) in [6, 6.07) is 1.82. The molecule has 0 N–H and O–H groups in total. The van der Waals surface area contributed by atoms with E-state index in [1.165, 1.54) is 0 Å². The van der Waals surface area contributed by atoms with Crippen molar-refractivity contribution in [1.29, 1.82) is 0 Å². The maximum Gasteiger partial charge on any atom is 0.259 e. The van der Waals surface area contributed by atoms with Gasteiger partial charge in [0.25, 0.3) is 5.89 Å². The fourth-order valence-corrected chi connectivity index (χ4v) is 1.38. The molecule has 4 nitrogen and oxygen atoms in total. The summed E-state index contributed by atoms with van der Waals surface area (Å²) in [4.78, 5) is 8.05. The average molecular weight is 240 g/mol. The van der Waals surface area contributed by atoms with Gasteiger partial charge in [0.15, 0.2) is 5.82 Å². The highest BCUT2D eigenvalue weighted by Crippen LogP contribution is 2.24. The van der Waals surface area contributed by atoms with Gasteiger partial charge in [0.05, 0.1) is 5.56 Å². The molecule has 0 radical (unpaired) electrons. The van der Waals surface area contributed by atoms with Crippen LogP contribution in [-0.2, 0) is 0 Å². The second-order valence-corrected chi connectivity index (χ2v) is 3.36. The molecular formula is C8H6BrN3O. The van der Waals surface area contributed by atoms with E-state index in [-0.39, 0.29) is 0 Å². The summed E-state index contributed by atoms with van der Waals surface area (Å²) in [5.41, 5.74) is 0.857. The normalized spacial score (nSPS) is 10.3. The van der Waals surface area contributed by atoms with Crippen LogP contribution in [0.25, 0.3) is 11.5 Å². The zero-order chi connectivity index (χ0) is 9.26. The Kier molecular flexibility index (Phi) is 2.10. The van der Waals surface area contributed by atoms with E-state index in [4.69, 9.17) is 4.52 Å². The second kappa shape index (κ2) is 3.26. The van der Waals surface area contributed by atoms with Crippen molar-refractivity contribution in [3.63, 3.8) is 0 Å². The molecule has 0 saturated heterocycles. The lowest BCUT2D eigenvalue weighted by atomic mass is 10.3. The van der Waals surface area contributed by atoms with Crippen LogP contribution < -0.4 is 0 Å². The minimum atomic E-state index is 0.506. The fraction of sp³-hybridized carbons (Fsp3) is 0.125. The van der Waals surface area contributed by atoms with E-state index in [1.54, 1.807) is 19.3 Å². The molecule has 0 unspecified atom stereocenters. The Morgan fingerprint density at radius 3 is 2.92 bits per heavy atom. The number of pyridine rings is 1. The van der Waals surface area contributed by atoms with Crippen LogP contribution in [0.5, 0.6) is 0 Å². The summed E-state index contributed by atoms with van der Waals surface area (Å²) < 4.78 is 5.86. The van der Waals surface area contributed by atoms with Crippen molar-refractivity contribution in [2.45, 2.75) is 6.92 Å². The summed E-state index contributed by atoms with van der Waals surface area (Å²) in [5.74, 6) is 1.13. The lowest BCUT2D eigenvalue weighted by molar-refractivity contribution is 0.425. The quantitative estimate of drug-likeness (QED) is 0.766. The molecule has 2 aromatic heterocycles. The first-order valence-electron chi connectivity index (χ1n) is 3.67. The van der Waals surface area contributed by atoms with Gasteiger partial charge < -0.3 is 4.52 Å². The first-order valence-corrected chi connectivity index (χ1v) is 4.47. The Morgan fingerprint density at radius 2 is 2.31 bits per heavy atom. The summed E-state index contributed by atoms with van der Waals surface area (Å²) in [7, 11) is 0. The van der Waals surface area contributed by atoms with Gasteiger partial charge in [0.2, 0.25) is 0 Å². The minimum Gasteiger partial charge on any atom is -0.334 e. The molecule has 2 heterocycles. The molecule has 0 saturated carbocycles. The minimum absolute atomic E-state index is 0.506. The van der Waals surface area contributed by atoms with E-state index in [2.05, 4.69) is 31.1 Å². The van der Waals surface area contributed by atoms with Crippen LogP contribution in [0.2, 0.25) is 0 Å². The molecule has 13 heavy (non-hydrogen) atoms. The van der Waals surface area contributed by atoms with Crippen molar-refractivity contribution < 1.29 is 4.52 Å². The number of rotatable bonds is 1. The van der Waals surface area contributed by atoms with Gasteiger partial charge in [-0.25, -0.2) is 0 Å². The van der Waals surface area contributed by atoms with Crippen LogP contribution in [0, 0.1) is 6.92 Å². The maximum atomic E-state index is 5.01. The molecule has 66 valence electrons. The first-order chi connectivity index (χ1) is 6.27. The van der Waals surface area contributed by atoms with Crippen molar-refractivity contribution in [1.82, 2.24) is 15.1 Å². The van der Waals surface area contributed by atoms with Crippen molar-refractivity contribution in [3.05, 3.63) is 28.8 Å². The Balaban J connectivity index is 2.52.